The number of benzene rings is 2. The van der Waals surface area contributed by atoms with Crippen molar-refractivity contribution in [3.63, 3.8) is 0 Å². The molecule has 0 bridgehead atoms. The smallest absolute Gasteiger partial charge is 0.130 e. The molecule has 1 aliphatic carbocycles. The normalized spacial score (nSPS) is 15.8. The molecular formula is C21H26O. The van der Waals surface area contributed by atoms with E-state index in [0.717, 1.165) is 11.5 Å². The van der Waals surface area contributed by atoms with Crippen LogP contribution in [0.2, 0.25) is 0 Å². The van der Waals surface area contributed by atoms with Crippen LogP contribution in [0.25, 0.3) is 0 Å². The van der Waals surface area contributed by atoms with Gasteiger partial charge in [0.15, 0.2) is 0 Å². The van der Waals surface area contributed by atoms with Crippen LogP contribution in [0.4, 0.5) is 0 Å². The van der Waals surface area contributed by atoms with Crippen molar-refractivity contribution in [3.8, 4) is 11.5 Å². The summed E-state index contributed by atoms with van der Waals surface area (Å²) in [5.41, 5.74) is 5.21. The molecule has 1 saturated carbocycles. The Labute approximate surface area is 134 Å². The van der Waals surface area contributed by atoms with E-state index in [2.05, 4.69) is 57.2 Å². The number of aryl methyl sites for hydroxylation is 3. The zero-order chi connectivity index (χ0) is 15.5. The van der Waals surface area contributed by atoms with Crippen molar-refractivity contribution >= 4 is 0 Å². The van der Waals surface area contributed by atoms with Crippen LogP contribution in [0.15, 0.2) is 36.4 Å². The van der Waals surface area contributed by atoms with Crippen molar-refractivity contribution in [2.75, 3.05) is 0 Å². The van der Waals surface area contributed by atoms with Gasteiger partial charge in [-0.05, 0) is 62.8 Å². The molecular weight excluding hydrogens is 268 g/mol. The highest BCUT2D eigenvalue weighted by Crippen LogP contribution is 2.39. The molecule has 0 aliphatic heterocycles. The molecule has 3 rings (SSSR count). The van der Waals surface area contributed by atoms with Crippen LogP contribution in [0.3, 0.4) is 0 Å². The van der Waals surface area contributed by atoms with Crippen LogP contribution in [0.5, 0.6) is 11.5 Å². The fourth-order valence-corrected chi connectivity index (χ4v) is 3.53. The van der Waals surface area contributed by atoms with Gasteiger partial charge in [-0.1, -0.05) is 54.7 Å². The fourth-order valence-electron chi connectivity index (χ4n) is 3.53. The maximum atomic E-state index is 6.30. The quantitative estimate of drug-likeness (QED) is 0.632. The highest BCUT2D eigenvalue weighted by Gasteiger charge is 2.20. The molecule has 22 heavy (non-hydrogen) atoms. The van der Waals surface area contributed by atoms with Crippen molar-refractivity contribution in [3.05, 3.63) is 58.7 Å². The summed E-state index contributed by atoms with van der Waals surface area (Å²) in [6, 6.07) is 13.0. The Morgan fingerprint density at radius 3 is 2.09 bits per heavy atom. The molecule has 0 heterocycles. The first-order valence-corrected chi connectivity index (χ1v) is 8.49. The lowest BCUT2D eigenvalue weighted by Crippen LogP contribution is -2.06. The van der Waals surface area contributed by atoms with E-state index in [4.69, 9.17) is 4.74 Å². The van der Waals surface area contributed by atoms with Crippen LogP contribution >= 0.6 is 0 Å². The molecule has 0 unspecified atom stereocenters. The summed E-state index contributed by atoms with van der Waals surface area (Å²) in [5, 5.41) is 0. The largest absolute Gasteiger partial charge is 0.457 e. The third-order valence-corrected chi connectivity index (χ3v) is 4.76. The number of hydrogen-bond donors (Lipinski definition) is 0. The Balaban J connectivity index is 1.92. The molecule has 0 saturated heterocycles. The second kappa shape index (κ2) is 6.56. The summed E-state index contributed by atoms with van der Waals surface area (Å²) in [6.45, 7) is 6.42. The van der Waals surface area contributed by atoms with Crippen molar-refractivity contribution in [1.82, 2.24) is 0 Å². The third kappa shape index (κ3) is 3.35. The van der Waals surface area contributed by atoms with E-state index in [1.165, 1.54) is 54.4 Å². The molecule has 1 fully saturated rings. The van der Waals surface area contributed by atoms with Gasteiger partial charge in [-0.15, -0.1) is 0 Å². The average molecular weight is 294 g/mol. The molecule has 0 aromatic heterocycles. The first-order chi connectivity index (χ1) is 10.6. The predicted molar refractivity (Wildman–Crippen MR) is 93.0 cm³/mol. The molecule has 1 heteroatoms. The Morgan fingerprint density at radius 1 is 0.773 bits per heavy atom. The van der Waals surface area contributed by atoms with Crippen molar-refractivity contribution < 1.29 is 4.74 Å². The van der Waals surface area contributed by atoms with Gasteiger partial charge in [0, 0.05) is 0 Å². The van der Waals surface area contributed by atoms with Gasteiger partial charge >= 0.3 is 0 Å². The minimum Gasteiger partial charge on any atom is -0.457 e. The van der Waals surface area contributed by atoms with Crippen molar-refractivity contribution in [2.45, 2.75) is 58.8 Å². The van der Waals surface area contributed by atoms with Crippen LogP contribution in [0.1, 0.15) is 60.3 Å². The van der Waals surface area contributed by atoms with Gasteiger partial charge in [0.2, 0.25) is 0 Å². The highest BCUT2D eigenvalue weighted by atomic mass is 16.5. The van der Waals surface area contributed by atoms with Crippen molar-refractivity contribution in [2.24, 2.45) is 0 Å². The molecule has 0 atom stereocenters. The third-order valence-electron chi connectivity index (χ3n) is 4.76. The summed E-state index contributed by atoms with van der Waals surface area (Å²) >= 11 is 0. The first kappa shape index (κ1) is 15.1. The zero-order valence-corrected chi connectivity index (χ0v) is 14.0. The summed E-state index contributed by atoms with van der Waals surface area (Å²) < 4.78 is 6.30. The Morgan fingerprint density at radius 2 is 1.41 bits per heavy atom. The monoisotopic (exact) mass is 294 g/mol. The van der Waals surface area contributed by atoms with E-state index in [1.54, 1.807) is 0 Å². The van der Waals surface area contributed by atoms with Gasteiger partial charge in [0.05, 0.1) is 0 Å². The van der Waals surface area contributed by atoms with E-state index in [-0.39, 0.29) is 0 Å². The second-order valence-corrected chi connectivity index (χ2v) is 6.75. The van der Waals surface area contributed by atoms with Gasteiger partial charge in [-0.3, -0.25) is 0 Å². The molecule has 1 aliphatic rings. The van der Waals surface area contributed by atoms with Crippen molar-refractivity contribution in [1.29, 1.82) is 0 Å². The lowest BCUT2D eigenvalue weighted by molar-refractivity contribution is 0.418. The van der Waals surface area contributed by atoms with Crippen LogP contribution in [0, 0.1) is 20.8 Å². The van der Waals surface area contributed by atoms with E-state index in [1.807, 2.05) is 0 Å². The molecule has 0 radical (unpaired) electrons. The van der Waals surface area contributed by atoms with E-state index < -0.39 is 0 Å². The molecule has 1 nitrogen and oxygen atoms in total. The summed E-state index contributed by atoms with van der Waals surface area (Å²) in [4.78, 5) is 0. The molecule has 0 spiro atoms. The van der Waals surface area contributed by atoms with Gasteiger partial charge in [0.1, 0.15) is 11.5 Å². The minimum absolute atomic E-state index is 0.661. The Bertz CT molecular complexity index is 651. The second-order valence-electron chi connectivity index (χ2n) is 6.75. The fraction of sp³-hybridized carbons (Fsp3) is 0.429. The van der Waals surface area contributed by atoms with E-state index >= 15 is 0 Å². The lowest BCUT2D eigenvalue weighted by atomic mass is 9.83. The lowest BCUT2D eigenvalue weighted by Gasteiger charge is -2.25. The number of ether oxygens (including phenoxy) is 1. The Hall–Kier alpha value is -1.76. The maximum absolute atomic E-state index is 6.30. The van der Waals surface area contributed by atoms with Crippen LogP contribution < -0.4 is 4.74 Å². The maximum Gasteiger partial charge on any atom is 0.130 e. The molecule has 2 aromatic carbocycles. The Kier molecular flexibility index (Phi) is 4.52. The molecule has 0 amide bonds. The van der Waals surface area contributed by atoms with Gasteiger partial charge in [-0.2, -0.15) is 0 Å². The summed E-state index contributed by atoms with van der Waals surface area (Å²) in [7, 11) is 0. The number of hydrogen-bond acceptors (Lipinski definition) is 1. The molecule has 0 N–H and O–H groups in total. The zero-order valence-electron chi connectivity index (χ0n) is 14.0. The van der Waals surface area contributed by atoms with E-state index in [0.29, 0.717) is 5.92 Å². The highest BCUT2D eigenvalue weighted by molar-refractivity contribution is 5.45. The van der Waals surface area contributed by atoms with Gasteiger partial charge in [-0.25, -0.2) is 0 Å². The van der Waals surface area contributed by atoms with E-state index in [9.17, 15) is 0 Å². The topological polar surface area (TPSA) is 9.23 Å². The first-order valence-electron chi connectivity index (χ1n) is 8.49. The molecule has 2 aromatic rings. The minimum atomic E-state index is 0.661. The standard InChI is InChI=1S/C21H26O/c1-15-9-11-20(17(3)13-15)22-21-12-10-16(2)14-19(21)18-7-5-4-6-8-18/h9-14,18H,4-8H2,1-3H3. The number of rotatable bonds is 3. The average Bonchev–Trinajstić information content (AvgIpc) is 2.52. The van der Waals surface area contributed by atoms with Crippen LogP contribution in [-0.4, -0.2) is 0 Å². The summed E-state index contributed by atoms with van der Waals surface area (Å²) in [6.07, 6.45) is 6.68. The summed E-state index contributed by atoms with van der Waals surface area (Å²) in [5.74, 6) is 2.69. The predicted octanol–water partition coefficient (Wildman–Crippen LogP) is 6.45. The van der Waals surface area contributed by atoms with Crippen LogP contribution in [-0.2, 0) is 0 Å². The van der Waals surface area contributed by atoms with Gasteiger partial charge in [0.25, 0.3) is 0 Å². The SMILES string of the molecule is Cc1ccc(Oc2ccc(C)cc2C2CCCCC2)c(C)c1. The van der Waals surface area contributed by atoms with Gasteiger partial charge < -0.3 is 4.74 Å². The molecule has 116 valence electrons.